The van der Waals surface area contributed by atoms with Crippen molar-refractivity contribution in [1.29, 1.82) is 0 Å². The van der Waals surface area contributed by atoms with Crippen molar-refractivity contribution in [3.8, 4) is 11.5 Å². The molecule has 1 saturated heterocycles. The molecule has 2 aromatic carbocycles. The van der Waals surface area contributed by atoms with Crippen LogP contribution in [-0.4, -0.2) is 61.2 Å². The zero-order valence-electron chi connectivity index (χ0n) is 22.7. The first-order chi connectivity index (χ1) is 20.6. The fourth-order valence-corrected chi connectivity index (χ4v) is 8.20. The maximum absolute atomic E-state index is 13.3. The van der Waals surface area contributed by atoms with Gasteiger partial charge in [0.1, 0.15) is 0 Å². The van der Waals surface area contributed by atoms with Gasteiger partial charge in [-0.25, -0.2) is 13.2 Å². The van der Waals surface area contributed by atoms with Crippen LogP contribution in [0.5, 0.6) is 11.5 Å². The van der Waals surface area contributed by atoms with Crippen LogP contribution < -0.4 is 9.47 Å². The number of hydrogen-bond acceptors (Lipinski definition) is 8. The van der Waals surface area contributed by atoms with Crippen LogP contribution in [-0.2, 0) is 26.0 Å². The van der Waals surface area contributed by atoms with Gasteiger partial charge >= 0.3 is 12.6 Å². The number of pyridine rings is 1. The summed E-state index contributed by atoms with van der Waals surface area (Å²) in [6.45, 7) is -2.71. The predicted molar refractivity (Wildman–Crippen MR) is 160 cm³/mol. The third-order valence-corrected chi connectivity index (χ3v) is 10.9. The minimum absolute atomic E-state index is 0.0833. The second-order valence-corrected chi connectivity index (χ2v) is 14.0. The molecule has 1 aliphatic heterocycles. The minimum Gasteiger partial charge on any atom is -0.489 e. The van der Waals surface area contributed by atoms with Gasteiger partial charge in [-0.2, -0.15) is 13.1 Å². The third kappa shape index (κ3) is 7.91. The molecule has 5 rings (SSSR count). The number of rotatable bonds is 13. The molecule has 1 aliphatic carbocycles. The number of hydrogen-bond donors (Lipinski definition) is 0. The molecule has 0 unspecified atom stereocenters. The summed E-state index contributed by atoms with van der Waals surface area (Å²) in [6.07, 6.45) is 5.08. The molecule has 0 radical (unpaired) electrons. The Morgan fingerprint density at radius 1 is 1.07 bits per heavy atom. The monoisotopic (exact) mass is 672 g/mol. The highest BCUT2D eigenvalue weighted by molar-refractivity contribution is 8.02. The molecule has 3 aromatic rings. The first kappa shape index (κ1) is 31.8. The SMILES string of the molecule is O=C(OC[C@@H](Cc1c(Cl)cncc1Cl)c1ccc(OC(F)F)c(OCC2CC2)c1)[C@@H]1SCCN1S(=O)(=O)c1ccccc1. The van der Waals surface area contributed by atoms with Crippen molar-refractivity contribution < 1.29 is 36.2 Å². The number of alkyl halides is 2. The number of aromatic nitrogens is 1. The lowest BCUT2D eigenvalue weighted by atomic mass is 9.92. The van der Waals surface area contributed by atoms with E-state index in [2.05, 4.69) is 9.72 Å². The summed E-state index contributed by atoms with van der Waals surface area (Å²) in [7, 11) is -3.93. The van der Waals surface area contributed by atoms with E-state index < -0.39 is 33.9 Å². The highest BCUT2D eigenvalue weighted by Gasteiger charge is 2.41. The molecule has 8 nitrogen and oxygen atoms in total. The molecular formula is C29H28Cl2F2N2O6S2. The molecule has 1 aromatic heterocycles. The molecule has 14 heteroatoms. The molecule has 0 bridgehead atoms. The Bertz CT molecular complexity index is 1530. The number of benzene rings is 2. The van der Waals surface area contributed by atoms with Crippen molar-refractivity contribution in [1.82, 2.24) is 9.29 Å². The lowest BCUT2D eigenvalue weighted by molar-refractivity contribution is -0.145. The fraction of sp³-hybridized carbons (Fsp3) is 0.379. The van der Waals surface area contributed by atoms with Crippen molar-refractivity contribution in [2.24, 2.45) is 5.92 Å². The summed E-state index contributed by atoms with van der Waals surface area (Å²) in [6, 6.07) is 12.4. The molecule has 0 N–H and O–H groups in total. The second-order valence-electron chi connectivity index (χ2n) is 10.1. The van der Waals surface area contributed by atoms with Crippen molar-refractivity contribution >= 4 is 51.0 Å². The van der Waals surface area contributed by atoms with Crippen molar-refractivity contribution in [2.45, 2.75) is 42.1 Å². The van der Waals surface area contributed by atoms with E-state index in [0.717, 1.165) is 17.1 Å². The molecule has 2 aliphatic rings. The highest BCUT2D eigenvalue weighted by atomic mass is 35.5. The first-order valence-corrected chi connectivity index (χ1v) is 16.7. The van der Waals surface area contributed by atoms with Crippen LogP contribution in [0.2, 0.25) is 10.0 Å². The Hall–Kier alpha value is -2.64. The average molecular weight is 674 g/mol. The fourth-order valence-electron chi connectivity index (χ4n) is 4.60. The Morgan fingerprint density at radius 2 is 1.79 bits per heavy atom. The Balaban J connectivity index is 1.39. The summed E-state index contributed by atoms with van der Waals surface area (Å²) in [5, 5.41) is -0.463. The van der Waals surface area contributed by atoms with Gasteiger partial charge in [-0.1, -0.05) is 47.5 Å². The van der Waals surface area contributed by atoms with Crippen LogP contribution in [0.4, 0.5) is 8.78 Å². The molecule has 2 atom stereocenters. The van der Waals surface area contributed by atoms with Crippen LogP contribution in [0, 0.1) is 5.92 Å². The first-order valence-electron chi connectivity index (χ1n) is 13.5. The molecular weight excluding hydrogens is 645 g/mol. The smallest absolute Gasteiger partial charge is 0.387 e. The van der Waals surface area contributed by atoms with Gasteiger partial charge in [0.05, 0.1) is 28.2 Å². The number of esters is 1. The topological polar surface area (TPSA) is 95.0 Å². The van der Waals surface area contributed by atoms with Crippen LogP contribution in [0.3, 0.4) is 0 Å². The number of ether oxygens (including phenoxy) is 3. The van der Waals surface area contributed by atoms with E-state index in [1.165, 1.54) is 42.4 Å². The van der Waals surface area contributed by atoms with E-state index in [4.69, 9.17) is 32.7 Å². The van der Waals surface area contributed by atoms with Gasteiger partial charge in [0.25, 0.3) is 0 Å². The van der Waals surface area contributed by atoms with E-state index >= 15 is 0 Å². The van der Waals surface area contributed by atoms with Crippen LogP contribution in [0.15, 0.2) is 65.8 Å². The standard InChI is InChI=1S/C29H28Cl2F2N2O6S2/c30-23-14-34-15-24(31)22(23)12-20(19-8-9-25(41-29(32)33)26(13-19)39-16-18-6-7-18)17-40-28(36)27-35(10-11-42-27)43(37,38)21-4-2-1-3-5-21/h1-5,8-9,13-15,18,20,27,29H,6-7,10-12,16-17H2/t20-,27+/m1/s1. The Labute approximate surface area is 262 Å². The van der Waals surface area contributed by atoms with Gasteiger partial charge in [-0.3, -0.25) is 4.98 Å². The maximum atomic E-state index is 13.3. The summed E-state index contributed by atoms with van der Waals surface area (Å²) >= 11 is 14.0. The van der Waals surface area contributed by atoms with Gasteiger partial charge in [-0.05, 0) is 60.6 Å². The number of carbonyl (C=O) groups is 1. The van der Waals surface area contributed by atoms with Gasteiger partial charge in [0, 0.05) is 30.6 Å². The quantitative estimate of drug-likeness (QED) is 0.192. The Kier molecular flexibility index (Phi) is 10.3. The molecule has 0 amide bonds. The zero-order valence-corrected chi connectivity index (χ0v) is 25.8. The van der Waals surface area contributed by atoms with Crippen LogP contribution in [0.25, 0.3) is 0 Å². The summed E-state index contributed by atoms with van der Waals surface area (Å²) in [5.41, 5.74) is 1.15. The van der Waals surface area contributed by atoms with Crippen LogP contribution in [0.1, 0.15) is 29.9 Å². The van der Waals surface area contributed by atoms with Gasteiger partial charge in [-0.15, -0.1) is 11.8 Å². The van der Waals surface area contributed by atoms with E-state index in [9.17, 15) is 22.0 Å². The number of halogens is 4. The van der Waals surface area contributed by atoms with E-state index in [1.54, 1.807) is 30.3 Å². The van der Waals surface area contributed by atoms with Crippen molar-refractivity contribution in [2.75, 3.05) is 25.5 Å². The molecule has 1 saturated carbocycles. The summed E-state index contributed by atoms with van der Waals surface area (Å²) in [4.78, 5) is 17.4. The van der Waals surface area contributed by atoms with Crippen molar-refractivity contribution in [3.63, 3.8) is 0 Å². The second kappa shape index (κ2) is 14.0. The maximum Gasteiger partial charge on any atom is 0.387 e. The number of thioether (sulfide) groups is 1. The third-order valence-electron chi connectivity index (χ3n) is 7.06. The van der Waals surface area contributed by atoms with E-state index in [0.29, 0.717) is 39.4 Å². The predicted octanol–water partition coefficient (Wildman–Crippen LogP) is 6.41. The molecule has 43 heavy (non-hydrogen) atoms. The molecule has 230 valence electrons. The normalized spacial score (nSPS) is 18.0. The average Bonchev–Trinajstić information content (AvgIpc) is 3.68. The molecule has 2 fully saturated rings. The lowest BCUT2D eigenvalue weighted by Crippen LogP contribution is -2.40. The Morgan fingerprint density at radius 3 is 2.47 bits per heavy atom. The van der Waals surface area contributed by atoms with Gasteiger partial charge in [0.2, 0.25) is 10.0 Å². The summed E-state index contributed by atoms with van der Waals surface area (Å²) < 4.78 is 70.2. The largest absolute Gasteiger partial charge is 0.489 e. The van der Waals surface area contributed by atoms with Gasteiger partial charge in [0.15, 0.2) is 16.9 Å². The van der Waals surface area contributed by atoms with Crippen LogP contribution >= 0.6 is 35.0 Å². The molecule has 2 heterocycles. The number of carbonyl (C=O) groups excluding carboxylic acids is 1. The number of sulfonamides is 1. The zero-order chi connectivity index (χ0) is 30.6. The minimum atomic E-state index is -3.93. The summed E-state index contributed by atoms with van der Waals surface area (Å²) in [5.74, 6) is -0.477. The van der Waals surface area contributed by atoms with Gasteiger partial charge < -0.3 is 14.2 Å². The lowest BCUT2D eigenvalue weighted by Gasteiger charge is -2.24. The van der Waals surface area contributed by atoms with E-state index in [1.807, 2.05) is 0 Å². The van der Waals surface area contributed by atoms with E-state index in [-0.39, 0.29) is 36.0 Å². The number of nitrogens with zero attached hydrogens (tertiary/aromatic N) is 2. The highest BCUT2D eigenvalue weighted by Crippen LogP contribution is 2.38. The van der Waals surface area contributed by atoms with Crippen molar-refractivity contribution in [3.05, 3.63) is 82.1 Å². The molecule has 0 spiro atoms.